The molecule has 0 unspecified atom stereocenters. The van der Waals surface area contributed by atoms with Crippen molar-refractivity contribution >= 4 is 17.3 Å². The predicted molar refractivity (Wildman–Crippen MR) is 82.7 cm³/mol. The summed E-state index contributed by atoms with van der Waals surface area (Å²) >= 11 is 0. The Morgan fingerprint density at radius 2 is 2.05 bits per heavy atom. The lowest BCUT2D eigenvalue weighted by Crippen LogP contribution is -2.20. The molecule has 2 rings (SSSR count). The van der Waals surface area contributed by atoms with Gasteiger partial charge in [-0.3, -0.25) is 4.79 Å². The van der Waals surface area contributed by atoms with Crippen molar-refractivity contribution in [2.24, 2.45) is 0 Å². The van der Waals surface area contributed by atoms with Crippen molar-refractivity contribution in [3.8, 4) is 11.5 Å². The summed E-state index contributed by atoms with van der Waals surface area (Å²) in [5.74, 6) is 0.990. The average Bonchev–Trinajstić information content (AvgIpc) is 2.45. The van der Waals surface area contributed by atoms with Crippen LogP contribution in [0.2, 0.25) is 0 Å². The third-order valence-corrected chi connectivity index (χ3v) is 2.87. The summed E-state index contributed by atoms with van der Waals surface area (Å²) in [7, 11) is 1.54. The second-order valence-corrected chi connectivity index (χ2v) is 4.61. The third kappa shape index (κ3) is 4.14. The highest BCUT2D eigenvalue weighted by atomic mass is 16.5. The zero-order valence-electron chi connectivity index (χ0n) is 12.1. The lowest BCUT2D eigenvalue weighted by Gasteiger charge is -2.10. The highest BCUT2D eigenvalue weighted by molar-refractivity contribution is 5.92. The Balaban J connectivity index is 1.91. The Morgan fingerprint density at radius 3 is 2.71 bits per heavy atom. The first-order chi connectivity index (χ1) is 10.1. The van der Waals surface area contributed by atoms with Crippen molar-refractivity contribution in [3.63, 3.8) is 0 Å². The summed E-state index contributed by atoms with van der Waals surface area (Å²) in [5.41, 5.74) is 7.93. The SMILES string of the molecule is COc1ccc(NC(=O)COc2cccc(C)c2)cc1N. The monoisotopic (exact) mass is 286 g/mol. The van der Waals surface area contributed by atoms with Crippen LogP contribution >= 0.6 is 0 Å². The van der Waals surface area contributed by atoms with E-state index < -0.39 is 0 Å². The molecule has 21 heavy (non-hydrogen) atoms. The molecular formula is C16H18N2O3. The molecule has 3 N–H and O–H groups in total. The number of hydrogen-bond acceptors (Lipinski definition) is 4. The zero-order chi connectivity index (χ0) is 15.2. The summed E-state index contributed by atoms with van der Waals surface area (Å²) in [6.07, 6.45) is 0. The molecule has 2 aromatic rings. The normalized spacial score (nSPS) is 10.0. The maximum atomic E-state index is 11.8. The van der Waals surface area contributed by atoms with Crippen LogP contribution in [0.25, 0.3) is 0 Å². The lowest BCUT2D eigenvalue weighted by atomic mass is 10.2. The third-order valence-electron chi connectivity index (χ3n) is 2.87. The van der Waals surface area contributed by atoms with E-state index in [1.54, 1.807) is 25.3 Å². The summed E-state index contributed by atoms with van der Waals surface area (Å²) in [4.78, 5) is 11.8. The Hall–Kier alpha value is -2.69. The van der Waals surface area contributed by atoms with Gasteiger partial charge in [0.15, 0.2) is 6.61 Å². The number of nitrogen functional groups attached to an aromatic ring is 1. The molecule has 110 valence electrons. The molecule has 0 spiro atoms. The van der Waals surface area contributed by atoms with Gasteiger partial charge in [-0.2, -0.15) is 0 Å². The van der Waals surface area contributed by atoms with Gasteiger partial charge in [0.05, 0.1) is 12.8 Å². The van der Waals surface area contributed by atoms with Crippen LogP contribution in [0.3, 0.4) is 0 Å². The van der Waals surface area contributed by atoms with Crippen LogP contribution in [0.1, 0.15) is 5.56 Å². The minimum absolute atomic E-state index is 0.0601. The molecule has 0 radical (unpaired) electrons. The summed E-state index contributed by atoms with van der Waals surface area (Å²) < 4.78 is 10.5. The Labute approximate surface area is 123 Å². The Kier molecular flexibility index (Phi) is 4.66. The van der Waals surface area contributed by atoms with Crippen molar-refractivity contribution < 1.29 is 14.3 Å². The van der Waals surface area contributed by atoms with E-state index in [-0.39, 0.29) is 12.5 Å². The molecule has 0 aliphatic carbocycles. The van der Waals surface area contributed by atoms with Gasteiger partial charge >= 0.3 is 0 Å². The van der Waals surface area contributed by atoms with Gasteiger partial charge in [0.25, 0.3) is 5.91 Å². The first-order valence-corrected chi connectivity index (χ1v) is 6.51. The molecule has 2 aromatic carbocycles. The molecule has 0 atom stereocenters. The number of nitrogens with one attached hydrogen (secondary N) is 1. The minimum Gasteiger partial charge on any atom is -0.495 e. The van der Waals surface area contributed by atoms with Gasteiger partial charge in [-0.15, -0.1) is 0 Å². The highest BCUT2D eigenvalue weighted by Gasteiger charge is 2.06. The standard InChI is InChI=1S/C16H18N2O3/c1-11-4-3-5-13(8-11)21-10-16(19)18-12-6-7-15(20-2)14(17)9-12/h3-9H,10,17H2,1-2H3,(H,18,19). The van der Waals surface area contributed by atoms with E-state index in [2.05, 4.69) is 5.32 Å². The quantitative estimate of drug-likeness (QED) is 0.829. The van der Waals surface area contributed by atoms with Gasteiger partial charge in [0, 0.05) is 5.69 Å². The molecular weight excluding hydrogens is 268 g/mol. The van der Waals surface area contributed by atoms with Gasteiger partial charge in [-0.25, -0.2) is 0 Å². The smallest absolute Gasteiger partial charge is 0.262 e. The van der Waals surface area contributed by atoms with Crippen LogP contribution in [0.4, 0.5) is 11.4 Å². The van der Waals surface area contributed by atoms with Crippen LogP contribution < -0.4 is 20.5 Å². The fourth-order valence-corrected chi connectivity index (χ4v) is 1.86. The fraction of sp³-hybridized carbons (Fsp3) is 0.188. The number of anilines is 2. The Morgan fingerprint density at radius 1 is 1.24 bits per heavy atom. The van der Waals surface area contributed by atoms with Crippen LogP contribution in [0.15, 0.2) is 42.5 Å². The average molecular weight is 286 g/mol. The van der Waals surface area contributed by atoms with Crippen LogP contribution in [0, 0.1) is 6.92 Å². The molecule has 0 aromatic heterocycles. The van der Waals surface area contributed by atoms with E-state index in [1.807, 2.05) is 31.2 Å². The van der Waals surface area contributed by atoms with Gasteiger partial charge < -0.3 is 20.5 Å². The largest absolute Gasteiger partial charge is 0.495 e. The number of ether oxygens (including phenoxy) is 2. The van der Waals surface area contributed by atoms with Crippen molar-refractivity contribution in [3.05, 3.63) is 48.0 Å². The molecule has 0 saturated heterocycles. The van der Waals surface area contributed by atoms with Gasteiger partial charge in [-0.05, 0) is 42.8 Å². The molecule has 0 aliphatic heterocycles. The Bertz CT molecular complexity index is 641. The van der Waals surface area contributed by atoms with E-state index in [1.165, 1.54) is 0 Å². The topological polar surface area (TPSA) is 73.6 Å². The van der Waals surface area contributed by atoms with Crippen molar-refractivity contribution in [2.45, 2.75) is 6.92 Å². The van der Waals surface area contributed by atoms with Crippen molar-refractivity contribution in [1.29, 1.82) is 0 Å². The zero-order valence-corrected chi connectivity index (χ0v) is 12.1. The molecule has 5 nitrogen and oxygen atoms in total. The highest BCUT2D eigenvalue weighted by Crippen LogP contribution is 2.24. The van der Waals surface area contributed by atoms with Crippen LogP contribution in [0.5, 0.6) is 11.5 Å². The van der Waals surface area contributed by atoms with E-state index in [0.717, 1.165) is 5.56 Å². The fourth-order valence-electron chi connectivity index (χ4n) is 1.86. The second kappa shape index (κ2) is 6.65. The second-order valence-electron chi connectivity index (χ2n) is 4.61. The van der Waals surface area contributed by atoms with Crippen LogP contribution in [-0.2, 0) is 4.79 Å². The van der Waals surface area contributed by atoms with Crippen LogP contribution in [-0.4, -0.2) is 19.6 Å². The molecule has 0 bridgehead atoms. The van der Waals surface area contributed by atoms with E-state index in [4.69, 9.17) is 15.2 Å². The number of methoxy groups -OCH3 is 1. The van der Waals surface area contributed by atoms with Gasteiger partial charge in [-0.1, -0.05) is 12.1 Å². The van der Waals surface area contributed by atoms with E-state index >= 15 is 0 Å². The summed E-state index contributed by atoms with van der Waals surface area (Å²) in [5, 5.41) is 2.72. The predicted octanol–water partition coefficient (Wildman–Crippen LogP) is 2.60. The van der Waals surface area contributed by atoms with E-state index in [0.29, 0.717) is 22.9 Å². The minimum atomic E-state index is -0.249. The number of aryl methyl sites for hydroxylation is 1. The maximum absolute atomic E-state index is 11.8. The van der Waals surface area contributed by atoms with E-state index in [9.17, 15) is 4.79 Å². The first kappa shape index (κ1) is 14.7. The molecule has 1 amide bonds. The number of carbonyl (C=O) groups is 1. The number of carbonyl (C=O) groups excluding carboxylic acids is 1. The number of rotatable bonds is 5. The molecule has 0 heterocycles. The number of benzene rings is 2. The summed E-state index contributed by atoms with van der Waals surface area (Å²) in [6, 6.07) is 12.6. The number of amides is 1. The van der Waals surface area contributed by atoms with Crippen molar-refractivity contribution in [1.82, 2.24) is 0 Å². The number of nitrogens with two attached hydrogens (primary N) is 1. The summed E-state index contributed by atoms with van der Waals surface area (Å²) in [6.45, 7) is 1.91. The maximum Gasteiger partial charge on any atom is 0.262 e. The molecule has 5 heteroatoms. The molecule has 0 saturated carbocycles. The van der Waals surface area contributed by atoms with Gasteiger partial charge in [0.2, 0.25) is 0 Å². The lowest BCUT2D eigenvalue weighted by molar-refractivity contribution is -0.118. The van der Waals surface area contributed by atoms with Gasteiger partial charge in [0.1, 0.15) is 11.5 Å². The molecule has 0 aliphatic rings. The number of hydrogen-bond donors (Lipinski definition) is 2. The molecule has 0 fully saturated rings. The van der Waals surface area contributed by atoms with Crippen molar-refractivity contribution in [2.75, 3.05) is 24.8 Å². The first-order valence-electron chi connectivity index (χ1n) is 6.51.